The molecule has 0 bridgehead atoms. The van der Waals surface area contributed by atoms with Crippen LogP contribution in [0, 0.1) is 0 Å². The normalized spacial score (nSPS) is 16.4. The van der Waals surface area contributed by atoms with E-state index in [9.17, 15) is 5.11 Å². The van der Waals surface area contributed by atoms with E-state index in [2.05, 4.69) is 5.32 Å². The maximum absolute atomic E-state index is 10.1. The molecule has 0 saturated heterocycles. The first-order valence-electron chi connectivity index (χ1n) is 6.41. The van der Waals surface area contributed by atoms with Crippen LogP contribution in [0.2, 0.25) is 0 Å². The highest BCUT2D eigenvalue weighted by Gasteiger charge is 2.19. The van der Waals surface area contributed by atoms with Crippen LogP contribution in [-0.2, 0) is 11.3 Å². The largest absolute Gasteiger partial charge is 0.454 e. The van der Waals surface area contributed by atoms with Gasteiger partial charge in [0.05, 0.1) is 5.60 Å². The fourth-order valence-electron chi connectivity index (χ4n) is 1.94. The van der Waals surface area contributed by atoms with Gasteiger partial charge in [-0.15, -0.1) is 0 Å². The van der Waals surface area contributed by atoms with Gasteiger partial charge in [0.2, 0.25) is 6.79 Å². The van der Waals surface area contributed by atoms with Crippen LogP contribution in [0.3, 0.4) is 0 Å². The summed E-state index contributed by atoms with van der Waals surface area (Å²) in [4.78, 5) is 0. The summed E-state index contributed by atoms with van der Waals surface area (Å²) in [6, 6.07) is 5.85. The smallest absolute Gasteiger partial charge is 0.231 e. The Labute approximate surface area is 113 Å². The van der Waals surface area contributed by atoms with Crippen molar-refractivity contribution in [3.63, 3.8) is 0 Å². The first-order chi connectivity index (χ1) is 9.11. The van der Waals surface area contributed by atoms with Crippen molar-refractivity contribution >= 4 is 0 Å². The first kappa shape index (κ1) is 14.1. The second-order valence-corrected chi connectivity index (χ2v) is 5.03. The van der Waals surface area contributed by atoms with Gasteiger partial charge in [-0.2, -0.15) is 0 Å². The van der Waals surface area contributed by atoms with Gasteiger partial charge in [0.1, 0.15) is 0 Å². The van der Waals surface area contributed by atoms with E-state index in [0.717, 1.165) is 17.1 Å². The van der Waals surface area contributed by atoms with E-state index in [1.54, 1.807) is 14.0 Å². The van der Waals surface area contributed by atoms with Gasteiger partial charge in [0, 0.05) is 33.2 Å². The van der Waals surface area contributed by atoms with Gasteiger partial charge in [-0.3, -0.25) is 0 Å². The quantitative estimate of drug-likeness (QED) is 0.779. The molecule has 0 spiro atoms. The molecule has 2 N–H and O–H groups in total. The van der Waals surface area contributed by atoms with Crippen molar-refractivity contribution in [1.82, 2.24) is 5.32 Å². The summed E-state index contributed by atoms with van der Waals surface area (Å²) < 4.78 is 15.6. The number of aliphatic hydroxyl groups is 1. The molecule has 0 saturated carbocycles. The van der Waals surface area contributed by atoms with Crippen molar-refractivity contribution in [3.05, 3.63) is 23.8 Å². The molecule has 1 aromatic rings. The average molecular weight is 267 g/mol. The van der Waals surface area contributed by atoms with Crippen molar-refractivity contribution in [1.29, 1.82) is 0 Å². The van der Waals surface area contributed by atoms with E-state index in [1.165, 1.54) is 0 Å². The molecule has 1 aromatic carbocycles. The van der Waals surface area contributed by atoms with E-state index in [-0.39, 0.29) is 6.79 Å². The van der Waals surface area contributed by atoms with Crippen LogP contribution in [0.1, 0.15) is 18.9 Å². The summed E-state index contributed by atoms with van der Waals surface area (Å²) in [5.74, 6) is 1.57. The van der Waals surface area contributed by atoms with Crippen LogP contribution >= 0.6 is 0 Å². The molecule has 106 valence electrons. The summed E-state index contributed by atoms with van der Waals surface area (Å²) >= 11 is 0. The minimum Gasteiger partial charge on any atom is -0.454 e. The fourth-order valence-corrected chi connectivity index (χ4v) is 1.94. The van der Waals surface area contributed by atoms with Crippen LogP contribution < -0.4 is 14.8 Å². The molecule has 0 fully saturated rings. The Morgan fingerprint density at radius 3 is 2.95 bits per heavy atom. The molecule has 5 nitrogen and oxygen atoms in total. The lowest BCUT2D eigenvalue weighted by Gasteiger charge is -2.23. The molecule has 1 aliphatic heterocycles. The highest BCUT2D eigenvalue weighted by molar-refractivity contribution is 5.44. The van der Waals surface area contributed by atoms with Gasteiger partial charge in [-0.25, -0.2) is 0 Å². The maximum Gasteiger partial charge on any atom is 0.231 e. The Kier molecular flexibility index (Phi) is 4.63. The van der Waals surface area contributed by atoms with Gasteiger partial charge < -0.3 is 24.6 Å². The van der Waals surface area contributed by atoms with Crippen LogP contribution in [0.25, 0.3) is 0 Å². The highest BCUT2D eigenvalue weighted by Crippen LogP contribution is 2.32. The zero-order valence-corrected chi connectivity index (χ0v) is 11.4. The molecule has 1 unspecified atom stereocenters. The first-order valence-corrected chi connectivity index (χ1v) is 6.41. The summed E-state index contributed by atoms with van der Waals surface area (Å²) in [5.41, 5.74) is 0.346. The monoisotopic (exact) mass is 267 g/mol. The zero-order chi connectivity index (χ0) is 13.7. The summed E-state index contributed by atoms with van der Waals surface area (Å²) in [5, 5.41) is 13.3. The number of rotatable bonds is 7. The number of fused-ring (bicyclic) bond motifs is 1. The predicted octanol–water partition coefficient (Wildman–Crippen LogP) is 1.29. The number of hydrogen-bond acceptors (Lipinski definition) is 5. The molecule has 1 heterocycles. The molecule has 19 heavy (non-hydrogen) atoms. The van der Waals surface area contributed by atoms with Crippen molar-refractivity contribution in [2.24, 2.45) is 0 Å². The lowest BCUT2D eigenvalue weighted by Crippen LogP contribution is -2.38. The fraction of sp³-hybridized carbons (Fsp3) is 0.571. The van der Waals surface area contributed by atoms with Crippen molar-refractivity contribution < 1.29 is 19.3 Å². The molecule has 2 rings (SSSR count). The minimum absolute atomic E-state index is 0.290. The molecular formula is C14H21NO4. The van der Waals surface area contributed by atoms with E-state index in [1.807, 2.05) is 18.2 Å². The van der Waals surface area contributed by atoms with E-state index in [4.69, 9.17) is 14.2 Å². The van der Waals surface area contributed by atoms with Crippen molar-refractivity contribution in [2.75, 3.05) is 27.1 Å². The topological polar surface area (TPSA) is 60.0 Å². The molecule has 0 aliphatic carbocycles. The van der Waals surface area contributed by atoms with Crippen LogP contribution in [0.5, 0.6) is 11.5 Å². The van der Waals surface area contributed by atoms with E-state index < -0.39 is 5.60 Å². The van der Waals surface area contributed by atoms with Gasteiger partial charge in [-0.05, 0) is 24.6 Å². The van der Waals surface area contributed by atoms with Crippen LogP contribution in [-0.4, -0.2) is 37.8 Å². The standard InChI is InChI=1S/C14H21NO4/c1-14(16,5-6-17-2)9-15-8-11-3-4-12-13(7-11)19-10-18-12/h3-4,7,15-16H,5-6,8-10H2,1-2H3. The molecule has 0 amide bonds. The lowest BCUT2D eigenvalue weighted by atomic mass is 10.0. The van der Waals surface area contributed by atoms with Gasteiger partial charge in [0.15, 0.2) is 11.5 Å². The van der Waals surface area contributed by atoms with Gasteiger partial charge in [-0.1, -0.05) is 6.07 Å². The van der Waals surface area contributed by atoms with Gasteiger partial charge in [0.25, 0.3) is 0 Å². The van der Waals surface area contributed by atoms with Crippen LogP contribution in [0.4, 0.5) is 0 Å². The highest BCUT2D eigenvalue weighted by atomic mass is 16.7. The maximum atomic E-state index is 10.1. The Balaban J connectivity index is 1.79. The minimum atomic E-state index is -0.758. The second-order valence-electron chi connectivity index (χ2n) is 5.03. The number of hydrogen-bond donors (Lipinski definition) is 2. The number of methoxy groups -OCH3 is 1. The third-order valence-corrected chi connectivity index (χ3v) is 3.12. The Morgan fingerprint density at radius 2 is 2.16 bits per heavy atom. The molecular weight excluding hydrogens is 246 g/mol. The number of ether oxygens (including phenoxy) is 3. The second kappa shape index (κ2) is 6.23. The van der Waals surface area contributed by atoms with Crippen molar-refractivity contribution in [2.45, 2.75) is 25.5 Å². The lowest BCUT2D eigenvalue weighted by molar-refractivity contribution is 0.0247. The molecule has 0 aromatic heterocycles. The zero-order valence-electron chi connectivity index (χ0n) is 11.4. The molecule has 1 atom stereocenters. The number of nitrogens with one attached hydrogen (secondary N) is 1. The third kappa shape index (κ3) is 4.09. The average Bonchev–Trinajstić information content (AvgIpc) is 2.83. The summed E-state index contributed by atoms with van der Waals surface area (Å²) in [6.45, 7) is 3.85. The third-order valence-electron chi connectivity index (χ3n) is 3.12. The molecule has 0 radical (unpaired) electrons. The summed E-state index contributed by atoms with van der Waals surface area (Å²) in [6.07, 6.45) is 0.609. The molecule has 5 heteroatoms. The Bertz CT molecular complexity index is 420. The molecule has 1 aliphatic rings. The van der Waals surface area contributed by atoms with E-state index >= 15 is 0 Å². The van der Waals surface area contributed by atoms with E-state index in [0.29, 0.717) is 26.1 Å². The Hall–Kier alpha value is -1.30. The predicted molar refractivity (Wildman–Crippen MR) is 71.4 cm³/mol. The van der Waals surface area contributed by atoms with Crippen molar-refractivity contribution in [3.8, 4) is 11.5 Å². The van der Waals surface area contributed by atoms with Crippen LogP contribution in [0.15, 0.2) is 18.2 Å². The van der Waals surface area contributed by atoms with Gasteiger partial charge >= 0.3 is 0 Å². The summed E-state index contributed by atoms with van der Waals surface area (Å²) in [7, 11) is 1.64. The number of benzene rings is 1. The SMILES string of the molecule is COCCC(C)(O)CNCc1ccc2c(c1)OCO2. The Morgan fingerprint density at radius 1 is 1.37 bits per heavy atom.